The quantitative estimate of drug-likeness (QED) is 0.295. The van der Waals surface area contributed by atoms with E-state index in [4.69, 9.17) is 0 Å². The molecule has 3 aliphatic rings. The predicted molar refractivity (Wildman–Crippen MR) is 175 cm³/mol. The Labute approximate surface area is 264 Å². The van der Waals surface area contributed by atoms with Gasteiger partial charge in [0.1, 0.15) is 5.82 Å². The molecule has 0 saturated carbocycles. The normalized spacial score (nSPS) is 19.6. The van der Waals surface area contributed by atoms with E-state index in [0.717, 1.165) is 55.5 Å². The first-order chi connectivity index (χ1) is 21.8. The Morgan fingerprint density at radius 2 is 1.69 bits per heavy atom. The van der Waals surface area contributed by atoms with Crippen LogP contribution in [0.2, 0.25) is 0 Å². The van der Waals surface area contributed by atoms with Gasteiger partial charge in [0.05, 0.1) is 0 Å². The Hall–Kier alpha value is -4.30. The molecule has 1 saturated heterocycles. The fraction of sp³-hybridized carbons (Fsp3) is 0.378. The molecule has 8 heteroatoms. The van der Waals surface area contributed by atoms with Crippen molar-refractivity contribution in [3.8, 4) is 0 Å². The van der Waals surface area contributed by atoms with Crippen molar-refractivity contribution in [2.24, 2.45) is 5.41 Å². The maximum atomic E-state index is 13.9. The molecule has 234 valence electrons. The molecule has 6 rings (SSSR count). The van der Waals surface area contributed by atoms with Crippen molar-refractivity contribution in [2.45, 2.75) is 51.9 Å². The van der Waals surface area contributed by atoms with Gasteiger partial charge in [0, 0.05) is 41.2 Å². The maximum Gasteiger partial charge on any atom is 0.258 e. The number of amides is 3. The molecular weight excluding hydrogens is 567 g/mol. The maximum absolute atomic E-state index is 13.9. The molecule has 1 atom stereocenters. The van der Waals surface area contributed by atoms with E-state index in [2.05, 4.69) is 27.7 Å². The van der Waals surface area contributed by atoms with Gasteiger partial charge < -0.3 is 20.4 Å². The highest BCUT2D eigenvalue weighted by atomic mass is 19.1. The van der Waals surface area contributed by atoms with E-state index in [0.29, 0.717) is 29.9 Å². The van der Waals surface area contributed by atoms with Gasteiger partial charge in [-0.3, -0.25) is 14.4 Å². The second-order valence-electron chi connectivity index (χ2n) is 12.7. The Kier molecular flexibility index (Phi) is 9.12. The number of benzene rings is 3. The average molecular weight is 609 g/mol. The second kappa shape index (κ2) is 13.4. The van der Waals surface area contributed by atoms with Crippen LogP contribution in [0.1, 0.15) is 70.4 Å². The lowest BCUT2D eigenvalue weighted by molar-refractivity contribution is -0.117. The topological polar surface area (TPSA) is 81.8 Å². The van der Waals surface area contributed by atoms with Gasteiger partial charge in [0.15, 0.2) is 0 Å². The Morgan fingerprint density at radius 1 is 0.911 bits per heavy atom. The van der Waals surface area contributed by atoms with Crippen LogP contribution in [-0.4, -0.2) is 55.3 Å². The van der Waals surface area contributed by atoms with Crippen LogP contribution in [0, 0.1) is 18.2 Å². The minimum absolute atomic E-state index is 0.0403. The summed E-state index contributed by atoms with van der Waals surface area (Å²) in [6.45, 7) is 6.36. The monoisotopic (exact) mass is 608 g/mol. The molecule has 1 fully saturated rings. The van der Waals surface area contributed by atoms with Crippen LogP contribution in [0.15, 0.2) is 78.4 Å². The number of para-hydroxylation sites is 1. The van der Waals surface area contributed by atoms with E-state index in [-0.39, 0.29) is 22.8 Å². The number of hydrogen-bond donors (Lipinski definition) is 2. The smallest absolute Gasteiger partial charge is 0.258 e. The summed E-state index contributed by atoms with van der Waals surface area (Å²) in [5.41, 5.74) is 4.66. The second-order valence-corrected chi connectivity index (χ2v) is 12.7. The summed E-state index contributed by atoms with van der Waals surface area (Å²) in [5.74, 6) is -0.950. The van der Waals surface area contributed by atoms with Crippen LogP contribution in [-0.2, 0) is 11.2 Å². The zero-order valence-electron chi connectivity index (χ0n) is 25.9. The third-order valence-corrected chi connectivity index (χ3v) is 9.54. The van der Waals surface area contributed by atoms with Crippen LogP contribution in [0.5, 0.6) is 0 Å². The highest BCUT2D eigenvalue weighted by Gasteiger charge is 2.39. The summed E-state index contributed by atoms with van der Waals surface area (Å²) in [4.78, 5) is 44.0. The van der Waals surface area contributed by atoms with Crippen molar-refractivity contribution < 1.29 is 18.8 Å². The standard InChI is InChI=1S/C37H41FN4O3/c1-26-9-12-30(38)23-32(26)35(44)40-31-13-10-27(11-14-31)36(45)42-22-17-37(24-28-7-2-3-8-33(28)42)16-15-29(25-37)34(43)39-18-6-21-41-19-4-5-20-41/h2-3,7-14,23,25H,4-6,15-22,24H2,1H3,(H,39,43)(H,40,44). The van der Waals surface area contributed by atoms with Crippen LogP contribution in [0.25, 0.3) is 0 Å². The number of rotatable bonds is 8. The number of fused-ring (bicyclic) bond motifs is 1. The third-order valence-electron chi connectivity index (χ3n) is 9.54. The zero-order valence-corrected chi connectivity index (χ0v) is 25.9. The van der Waals surface area contributed by atoms with E-state index < -0.39 is 11.7 Å². The van der Waals surface area contributed by atoms with Crippen molar-refractivity contribution in [1.29, 1.82) is 0 Å². The molecule has 7 nitrogen and oxygen atoms in total. The summed E-state index contributed by atoms with van der Waals surface area (Å²) in [7, 11) is 0. The average Bonchev–Trinajstić information content (AvgIpc) is 3.68. The van der Waals surface area contributed by atoms with Crippen molar-refractivity contribution in [2.75, 3.05) is 42.9 Å². The van der Waals surface area contributed by atoms with E-state index in [1.165, 1.54) is 38.1 Å². The number of carbonyl (C=O) groups excluding carboxylic acids is 3. The lowest BCUT2D eigenvalue weighted by Crippen LogP contribution is -2.33. The Balaban J connectivity index is 1.12. The molecule has 2 N–H and O–H groups in total. The largest absolute Gasteiger partial charge is 0.352 e. The molecule has 2 heterocycles. The molecular formula is C37H41FN4O3. The first-order valence-corrected chi connectivity index (χ1v) is 16.1. The molecule has 0 aromatic heterocycles. The first kappa shape index (κ1) is 30.7. The van der Waals surface area contributed by atoms with Crippen LogP contribution in [0.4, 0.5) is 15.8 Å². The van der Waals surface area contributed by atoms with E-state index in [1.807, 2.05) is 23.1 Å². The highest BCUT2D eigenvalue weighted by Crippen LogP contribution is 2.46. The predicted octanol–water partition coefficient (Wildman–Crippen LogP) is 6.29. The van der Waals surface area contributed by atoms with Crippen LogP contribution >= 0.6 is 0 Å². The van der Waals surface area contributed by atoms with E-state index >= 15 is 0 Å². The summed E-state index contributed by atoms with van der Waals surface area (Å²) in [6.07, 6.45) is 8.88. The number of halogens is 1. The summed E-state index contributed by atoms with van der Waals surface area (Å²) in [5, 5.41) is 5.94. The number of carbonyl (C=O) groups is 3. The number of allylic oxidation sites excluding steroid dienone is 1. The molecule has 2 aliphatic heterocycles. The first-order valence-electron chi connectivity index (χ1n) is 16.1. The van der Waals surface area contributed by atoms with Gasteiger partial charge in [-0.05, 0) is 131 Å². The van der Waals surface area contributed by atoms with Crippen LogP contribution < -0.4 is 15.5 Å². The lowest BCUT2D eigenvalue weighted by Gasteiger charge is -2.26. The van der Waals surface area contributed by atoms with Crippen molar-refractivity contribution in [3.63, 3.8) is 0 Å². The molecule has 45 heavy (non-hydrogen) atoms. The van der Waals surface area contributed by atoms with Crippen molar-refractivity contribution >= 4 is 29.1 Å². The summed E-state index contributed by atoms with van der Waals surface area (Å²) >= 11 is 0. The van der Waals surface area contributed by atoms with Crippen molar-refractivity contribution in [1.82, 2.24) is 10.2 Å². The molecule has 3 aromatic carbocycles. The minimum Gasteiger partial charge on any atom is -0.352 e. The van der Waals surface area contributed by atoms with Gasteiger partial charge in [-0.15, -0.1) is 0 Å². The third kappa shape index (κ3) is 7.01. The van der Waals surface area contributed by atoms with Gasteiger partial charge in [0.2, 0.25) is 5.91 Å². The zero-order chi connectivity index (χ0) is 31.4. The minimum atomic E-state index is -0.470. The van der Waals surface area contributed by atoms with E-state index in [9.17, 15) is 18.8 Å². The number of hydrogen-bond acceptors (Lipinski definition) is 4. The molecule has 1 aliphatic carbocycles. The molecule has 1 spiro atoms. The van der Waals surface area contributed by atoms with Crippen LogP contribution in [0.3, 0.4) is 0 Å². The Bertz CT molecular complexity index is 1610. The molecule has 3 amide bonds. The Morgan fingerprint density at radius 3 is 2.49 bits per heavy atom. The van der Waals surface area contributed by atoms with Gasteiger partial charge >= 0.3 is 0 Å². The van der Waals surface area contributed by atoms with E-state index in [1.54, 1.807) is 37.3 Å². The van der Waals surface area contributed by atoms with Crippen molar-refractivity contribution in [3.05, 3.63) is 106 Å². The number of anilines is 2. The summed E-state index contributed by atoms with van der Waals surface area (Å²) in [6, 6.07) is 19.0. The fourth-order valence-corrected chi connectivity index (χ4v) is 6.98. The van der Waals surface area contributed by atoms with Gasteiger partial charge in [-0.25, -0.2) is 4.39 Å². The highest BCUT2D eigenvalue weighted by molar-refractivity contribution is 6.08. The number of nitrogens with one attached hydrogen (secondary N) is 2. The fourth-order valence-electron chi connectivity index (χ4n) is 6.98. The van der Waals surface area contributed by atoms with Gasteiger partial charge in [0.25, 0.3) is 11.8 Å². The molecule has 0 bridgehead atoms. The van der Waals surface area contributed by atoms with Gasteiger partial charge in [-0.1, -0.05) is 30.3 Å². The number of nitrogens with zero attached hydrogens (tertiary/aromatic N) is 2. The SMILES string of the molecule is Cc1ccc(F)cc1C(=O)Nc1ccc(C(=O)N2CCC3(C=C(C(=O)NCCCN4CCCC4)CC3)Cc3ccccc32)cc1. The number of aryl methyl sites for hydroxylation is 1. The number of likely N-dealkylation sites (tertiary alicyclic amines) is 1. The molecule has 0 radical (unpaired) electrons. The lowest BCUT2D eigenvalue weighted by atomic mass is 9.79. The van der Waals surface area contributed by atoms with Gasteiger partial charge in [-0.2, -0.15) is 0 Å². The summed E-state index contributed by atoms with van der Waals surface area (Å²) < 4.78 is 13.7. The molecule has 3 aromatic rings. The molecule has 1 unspecified atom stereocenters.